The number of aromatic nitrogens is 3. The van der Waals surface area contributed by atoms with Gasteiger partial charge in [0, 0.05) is 37.6 Å². The molecule has 3 N–H and O–H groups in total. The number of hydrogen-bond donors (Lipinski definition) is 2. The van der Waals surface area contributed by atoms with E-state index in [9.17, 15) is 4.79 Å². The first-order chi connectivity index (χ1) is 9.56. The zero-order chi connectivity index (χ0) is 14.5. The van der Waals surface area contributed by atoms with Crippen LogP contribution in [0.4, 0.5) is 0 Å². The maximum absolute atomic E-state index is 11.5. The van der Waals surface area contributed by atoms with E-state index < -0.39 is 0 Å². The monoisotopic (exact) mass is 345 g/mol. The van der Waals surface area contributed by atoms with Crippen LogP contribution in [0.25, 0.3) is 5.82 Å². The second kappa shape index (κ2) is 9.40. The van der Waals surface area contributed by atoms with Gasteiger partial charge in [0.2, 0.25) is 5.91 Å². The van der Waals surface area contributed by atoms with Gasteiger partial charge in [0.1, 0.15) is 11.6 Å². The van der Waals surface area contributed by atoms with Crippen molar-refractivity contribution in [2.45, 2.75) is 32.9 Å². The highest BCUT2D eigenvalue weighted by molar-refractivity contribution is 5.85. The maximum Gasteiger partial charge on any atom is 0.221 e. The van der Waals surface area contributed by atoms with E-state index in [1.165, 1.54) is 0 Å². The van der Waals surface area contributed by atoms with Crippen molar-refractivity contribution in [1.29, 1.82) is 0 Å². The highest BCUT2D eigenvalue weighted by Crippen LogP contribution is 2.08. The van der Waals surface area contributed by atoms with E-state index in [-0.39, 0.29) is 36.8 Å². The fourth-order valence-corrected chi connectivity index (χ4v) is 1.85. The fourth-order valence-electron chi connectivity index (χ4n) is 1.85. The zero-order valence-corrected chi connectivity index (χ0v) is 14.2. The Hall–Kier alpha value is -1.63. The van der Waals surface area contributed by atoms with Crippen LogP contribution in [-0.4, -0.2) is 26.5 Å². The first kappa shape index (κ1) is 20.4. The highest BCUT2D eigenvalue weighted by Gasteiger charge is 2.05. The smallest absolute Gasteiger partial charge is 0.221 e. The molecule has 1 amide bonds. The summed E-state index contributed by atoms with van der Waals surface area (Å²) < 4.78 is 1.90. The molecular formula is C14H21Cl2N5O. The molecule has 0 fully saturated rings. The summed E-state index contributed by atoms with van der Waals surface area (Å²) in [6.07, 6.45) is 5.68. The topological polar surface area (TPSA) is 85.8 Å². The lowest BCUT2D eigenvalue weighted by Gasteiger charge is -2.08. The van der Waals surface area contributed by atoms with Crippen molar-refractivity contribution in [3.63, 3.8) is 0 Å². The molecule has 6 nitrogen and oxygen atoms in total. The van der Waals surface area contributed by atoms with Gasteiger partial charge in [-0.25, -0.2) is 9.97 Å². The molecule has 0 bridgehead atoms. The molecule has 122 valence electrons. The van der Waals surface area contributed by atoms with Gasteiger partial charge in [-0.2, -0.15) is 0 Å². The lowest BCUT2D eigenvalue weighted by Crippen LogP contribution is -2.29. The average Bonchev–Trinajstić information content (AvgIpc) is 2.82. The molecule has 0 saturated heterocycles. The molecule has 1 atom stereocenters. The van der Waals surface area contributed by atoms with Crippen LogP contribution in [0.15, 0.2) is 30.7 Å². The first-order valence-electron chi connectivity index (χ1n) is 6.54. The van der Waals surface area contributed by atoms with Crippen LogP contribution in [0.3, 0.4) is 0 Å². The van der Waals surface area contributed by atoms with Gasteiger partial charge in [0.15, 0.2) is 0 Å². The van der Waals surface area contributed by atoms with E-state index in [0.29, 0.717) is 13.0 Å². The quantitative estimate of drug-likeness (QED) is 0.864. The van der Waals surface area contributed by atoms with Crippen LogP contribution in [-0.2, 0) is 11.3 Å². The van der Waals surface area contributed by atoms with Crippen LogP contribution in [0.1, 0.15) is 24.7 Å². The Morgan fingerprint density at radius 1 is 1.36 bits per heavy atom. The third kappa shape index (κ3) is 5.63. The van der Waals surface area contributed by atoms with Gasteiger partial charge in [-0.05, 0) is 25.5 Å². The first-order valence-corrected chi connectivity index (χ1v) is 6.54. The summed E-state index contributed by atoms with van der Waals surface area (Å²) in [7, 11) is 0. The summed E-state index contributed by atoms with van der Waals surface area (Å²) >= 11 is 0. The third-order valence-corrected chi connectivity index (χ3v) is 2.88. The van der Waals surface area contributed by atoms with Crippen LogP contribution < -0.4 is 11.1 Å². The van der Waals surface area contributed by atoms with E-state index in [1.54, 1.807) is 12.4 Å². The van der Waals surface area contributed by atoms with E-state index >= 15 is 0 Å². The minimum absolute atomic E-state index is 0. The number of imidazole rings is 1. The van der Waals surface area contributed by atoms with E-state index in [0.717, 1.165) is 17.2 Å². The molecule has 1 unspecified atom stereocenters. The average molecular weight is 346 g/mol. The number of pyridine rings is 1. The molecule has 2 rings (SSSR count). The van der Waals surface area contributed by atoms with Crippen molar-refractivity contribution >= 4 is 30.7 Å². The number of carbonyl (C=O) groups is 1. The molecule has 0 spiro atoms. The Bertz CT molecular complexity index is 583. The van der Waals surface area contributed by atoms with Gasteiger partial charge in [-0.1, -0.05) is 6.07 Å². The number of amides is 1. The second-order valence-corrected chi connectivity index (χ2v) is 4.83. The summed E-state index contributed by atoms with van der Waals surface area (Å²) in [4.78, 5) is 20.0. The Labute approximate surface area is 142 Å². The summed E-state index contributed by atoms with van der Waals surface area (Å²) in [5.41, 5.74) is 6.52. The fraction of sp³-hybridized carbons (Fsp3) is 0.357. The molecule has 0 aliphatic rings. The SMILES string of the molecule is Cc1nccn1-c1ccc(CNC(=O)CC(C)N)cn1.Cl.Cl. The lowest BCUT2D eigenvalue weighted by molar-refractivity contribution is -0.121. The van der Waals surface area contributed by atoms with Crippen molar-refractivity contribution in [1.82, 2.24) is 19.9 Å². The van der Waals surface area contributed by atoms with Crippen LogP contribution >= 0.6 is 24.8 Å². The largest absolute Gasteiger partial charge is 0.352 e. The summed E-state index contributed by atoms with van der Waals surface area (Å²) in [6.45, 7) is 4.19. The number of aryl methyl sites for hydroxylation is 1. The standard InChI is InChI=1S/C14H19N5O.2ClH/c1-10(15)7-14(20)18-9-12-3-4-13(17-8-12)19-6-5-16-11(19)2;;/h3-6,8,10H,7,9,15H2,1-2H3,(H,18,20);2*1H. The molecule has 22 heavy (non-hydrogen) atoms. The number of nitrogens with two attached hydrogens (primary N) is 1. The molecule has 0 aliphatic carbocycles. The van der Waals surface area contributed by atoms with Crippen LogP contribution in [0.2, 0.25) is 0 Å². The Morgan fingerprint density at radius 2 is 2.09 bits per heavy atom. The van der Waals surface area contributed by atoms with Gasteiger partial charge in [0.05, 0.1) is 0 Å². The second-order valence-electron chi connectivity index (χ2n) is 4.83. The van der Waals surface area contributed by atoms with Gasteiger partial charge >= 0.3 is 0 Å². The summed E-state index contributed by atoms with van der Waals surface area (Å²) in [5, 5.41) is 2.82. The molecule has 8 heteroatoms. The Kier molecular flexibility index (Phi) is 8.70. The summed E-state index contributed by atoms with van der Waals surface area (Å²) in [5.74, 6) is 1.65. The minimum Gasteiger partial charge on any atom is -0.352 e. The van der Waals surface area contributed by atoms with E-state index in [2.05, 4.69) is 15.3 Å². The molecule has 0 radical (unpaired) electrons. The lowest BCUT2D eigenvalue weighted by atomic mass is 10.2. The third-order valence-electron chi connectivity index (χ3n) is 2.88. The number of carbonyl (C=O) groups excluding carboxylic acids is 1. The van der Waals surface area contributed by atoms with E-state index in [1.807, 2.05) is 36.7 Å². The van der Waals surface area contributed by atoms with Crippen molar-refractivity contribution < 1.29 is 4.79 Å². The number of nitrogens with one attached hydrogen (secondary N) is 1. The Balaban J connectivity index is 0.00000220. The maximum atomic E-state index is 11.5. The van der Waals surface area contributed by atoms with Crippen molar-refractivity contribution in [3.05, 3.63) is 42.1 Å². The molecule has 0 saturated carbocycles. The Morgan fingerprint density at radius 3 is 2.59 bits per heavy atom. The van der Waals surface area contributed by atoms with Crippen molar-refractivity contribution in [3.8, 4) is 5.82 Å². The molecule has 2 aromatic rings. The predicted octanol–water partition coefficient (Wildman–Crippen LogP) is 1.77. The number of nitrogens with zero attached hydrogens (tertiary/aromatic N) is 3. The van der Waals surface area contributed by atoms with E-state index in [4.69, 9.17) is 5.73 Å². The van der Waals surface area contributed by atoms with Gasteiger partial charge in [-0.15, -0.1) is 24.8 Å². The molecular weight excluding hydrogens is 325 g/mol. The molecule has 2 aromatic heterocycles. The number of halogens is 2. The number of rotatable bonds is 5. The molecule has 0 aliphatic heterocycles. The zero-order valence-electron chi connectivity index (χ0n) is 12.5. The predicted molar refractivity (Wildman–Crippen MR) is 90.7 cm³/mol. The van der Waals surface area contributed by atoms with Crippen LogP contribution in [0.5, 0.6) is 0 Å². The van der Waals surface area contributed by atoms with Gasteiger partial charge in [-0.3, -0.25) is 9.36 Å². The van der Waals surface area contributed by atoms with Crippen molar-refractivity contribution in [2.24, 2.45) is 5.73 Å². The van der Waals surface area contributed by atoms with Crippen molar-refractivity contribution in [2.75, 3.05) is 0 Å². The molecule has 2 heterocycles. The molecule has 0 aromatic carbocycles. The summed E-state index contributed by atoms with van der Waals surface area (Å²) in [6, 6.07) is 3.72. The van der Waals surface area contributed by atoms with Gasteiger partial charge < -0.3 is 11.1 Å². The normalized spacial score (nSPS) is 11.0. The van der Waals surface area contributed by atoms with Crippen LogP contribution in [0, 0.1) is 6.92 Å². The minimum atomic E-state index is -0.125. The number of hydrogen-bond acceptors (Lipinski definition) is 4. The van der Waals surface area contributed by atoms with Gasteiger partial charge in [0.25, 0.3) is 0 Å². The highest BCUT2D eigenvalue weighted by atomic mass is 35.5.